The van der Waals surface area contributed by atoms with Gasteiger partial charge in [0, 0.05) is 14.2 Å². The van der Waals surface area contributed by atoms with Crippen molar-refractivity contribution in [1.82, 2.24) is 9.78 Å². The molecule has 0 aliphatic rings. The molecule has 8 heteroatoms. The molecule has 0 saturated heterocycles. The predicted octanol–water partition coefficient (Wildman–Crippen LogP) is -0.320. The predicted molar refractivity (Wildman–Crippen MR) is 57.2 cm³/mol. The second-order valence-electron chi connectivity index (χ2n) is 3.06. The van der Waals surface area contributed by atoms with E-state index in [1.807, 2.05) is 6.07 Å². The Hall–Kier alpha value is -1.59. The van der Waals surface area contributed by atoms with Gasteiger partial charge in [-0.2, -0.15) is 10.4 Å². The summed E-state index contributed by atoms with van der Waals surface area (Å²) in [6.45, 7) is 0.0923. The standard InChI is InChI=1S/C8H12N4O3S/c1-12-8(7(5-9)6-10-12)11-16(13,14)4-3-15-2/h6,11H,3-4H2,1-2H3. The van der Waals surface area contributed by atoms with E-state index in [4.69, 9.17) is 5.26 Å². The second-order valence-corrected chi connectivity index (χ2v) is 4.90. The molecule has 1 aromatic rings. The number of rotatable bonds is 5. The lowest BCUT2D eigenvalue weighted by molar-refractivity contribution is 0.217. The Kier molecular flexibility index (Phi) is 3.87. The first-order chi connectivity index (χ1) is 7.50. The van der Waals surface area contributed by atoms with Gasteiger partial charge in [-0.3, -0.25) is 9.40 Å². The number of aromatic nitrogens is 2. The zero-order valence-electron chi connectivity index (χ0n) is 8.97. The van der Waals surface area contributed by atoms with Gasteiger partial charge in [0.2, 0.25) is 10.0 Å². The van der Waals surface area contributed by atoms with Gasteiger partial charge in [-0.25, -0.2) is 8.42 Å². The Balaban J connectivity index is 2.88. The number of nitrogens with zero attached hydrogens (tertiary/aromatic N) is 3. The van der Waals surface area contributed by atoms with Crippen LogP contribution >= 0.6 is 0 Å². The summed E-state index contributed by atoms with van der Waals surface area (Å²) in [5.41, 5.74) is 0.184. The van der Waals surface area contributed by atoms with Crippen LogP contribution in [0.15, 0.2) is 6.20 Å². The van der Waals surface area contributed by atoms with Gasteiger partial charge in [0.25, 0.3) is 0 Å². The summed E-state index contributed by atoms with van der Waals surface area (Å²) in [5.74, 6) is -0.00174. The molecular weight excluding hydrogens is 232 g/mol. The molecule has 0 amide bonds. The van der Waals surface area contributed by atoms with E-state index in [2.05, 4.69) is 14.6 Å². The quantitative estimate of drug-likeness (QED) is 0.765. The third-order valence-electron chi connectivity index (χ3n) is 1.87. The molecule has 7 nitrogen and oxygen atoms in total. The molecule has 0 bridgehead atoms. The largest absolute Gasteiger partial charge is 0.384 e. The lowest BCUT2D eigenvalue weighted by atomic mass is 10.4. The minimum absolute atomic E-state index is 0.0923. The number of nitrogens with one attached hydrogen (secondary N) is 1. The fraction of sp³-hybridized carbons (Fsp3) is 0.500. The Bertz CT molecular complexity index is 500. The van der Waals surface area contributed by atoms with Gasteiger partial charge in [0.15, 0.2) is 5.82 Å². The van der Waals surface area contributed by atoms with Crippen molar-refractivity contribution in [1.29, 1.82) is 5.26 Å². The van der Waals surface area contributed by atoms with E-state index < -0.39 is 10.0 Å². The van der Waals surface area contributed by atoms with Crippen LogP contribution in [0.2, 0.25) is 0 Å². The molecule has 0 atom stereocenters. The smallest absolute Gasteiger partial charge is 0.236 e. The van der Waals surface area contributed by atoms with Gasteiger partial charge < -0.3 is 4.74 Å². The molecule has 0 spiro atoms. The topological polar surface area (TPSA) is 97.0 Å². The number of sulfonamides is 1. The number of aryl methyl sites for hydroxylation is 1. The molecule has 0 radical (unpaired) electrons. The Morgan fingerprint density at radius 2 is 2.38 bits per heavy atom. The van der Waals surface area contributed by atoms with E-state index in [0.717, 1.165) is 0 Å². The maximum atomic E-state index is 11.5. The van der Waals surface area contributed by atoms with E-state index >= 15 is 0 Å². The molecule has 16 heavy (non-hydrogen) atoms. The van der Waals surface area contributed by atoms with E-state index in [-0.39, 0.29) is 23.7 Å². The van der Waals surface area contributed by atoms with Crippen molar-refractivity contribution in [2.24, 2.45) is 7.05 Å². The SMILES string of the molecule is COCCS(=O)(=O)Nc1c(C#N)cnn1C. The zero-order valence-corrected chi connectivity index (χ0v) is 9.78. The van der Waals surface area contributed by atoms with Crippen LogP contribution in [-0.4, -0.2) is 37.7 Å². The lowest BCUT2D eigenvalue weighted by Crippen LogP contribution is -2.21. The van der Waals surface area contributed by atoms with Crippen molar-refractivity contribution >= 4 is 15.8 Å². The van der Waals surface area contributed by atoms with Crippen LogP contribution in [0.3, 0.4) is 0 Å². The van der Waals surface area contributed by atoms with Gasteiger partial charge in [0.05, 0.1) is 18.6 Å². The maximum absolute atomic E-state index is 11.5. The van der Waals surface area contributed by atoms with Crippen LogP contribution in [0, 0.1) is 11.3 Å². The maximum Gasteiger partial charge on any atom is 0.236 e. The van der Waals surface area contributed by atoms with E-state index in [9.17, 15) is 8.42 Å². The second kappa shape index (κ2) is 4.96. The van der Waals surface area contributed by atoms with Crippen molar-refractivity contribution in [3.05, 3.63) is 11.8 Å². The summed E-state index contributed by atoms with van der Waals surface area (Å²) in [6.07, 6.45) is 1.30. The van der Waals surface area contributed by atoms with Gasteiger partial charge in [-0.15, -0.1) is 0 Å². The van der Waals surface area contributed by atoms with Crippen molar-refractivity contribution < 1.29 is 13.2 Å². The number of ether oxygens (including phenoxy) is 1. The first-order valence-electron chi connectivity index (χ1n) is 4.41. The number of hydrogen-bond acceptors (Lipinski definition) is 5. The summed E-state index contributed by atoms with van der Waals surface area (Å²) in [5, 5.41) is 12.5. The van der Waals surface area contributed by atoms with E-state index in [0.29, 0.717) is 0 Å². The van der Waals surface area contributed by atoms with Crippen molar-refractivity contribution in [3.8, 4) is 6.07 Å². The highest BCUT2D eigenvalue weighted by Crippen LogP contribution is 2.14. The van der Waals surface area contributed by atoms with Gasteiger partial charge in [0.1, 0.15) is 11.6 Å². The Labute approximate surface area is 93.7 Å². The number of anilines is 1. The summed E-state index contributed by atoms with van der Waals surface area (Å²) in [4.78, 5) is 0. The average molecular weight is 244 g/mol. The summed E-state index contributed by atoms with van der Waals surface area (Å²) in [6, 6.07) is 1.85. The monoisotopic (exact) mass is 244 g/mol. The molecule has 1 rings (SSSR count). The Morgan fingerprint density at radius 3 is 2.94 bits per heavy atom. The zero-order chi connectivity index (χ0) is 12.2. The van der Waals surface area contributed by atoms with Gasteiger partial charge in [-0.05, 0) is 0 Å². The van der Waals surface area contributed by atoms with Crippen LogP contribution in [0.25, 0.3) is 0 Å². The minimum atomic E-state index is -3.51. The van der Waals surface area contributed by atoms with Crippen molar-refractivity contribution in [3.63, 3.8) is 0 Å². The molecule has 0 fully saturated rings. The number of methoxy groups -OCH3 is 1. The Morgan fingerprint density at radius 1 is 1.69 bits per heavy atom. The molecule has 88 valence electrons. The molecule has 0 aliphatic heterocycles. The highest BCUT2D eigenvalue weighted by Gasteiger charge is 2.16. The average Bonchev–Trinajstić information content (AvgIpc) is 2.57. The van der Waals surface area contributed by atoms with Gasteiger partial charge in [-0.1, -0.05) is 0 Å². The molecule has 1 heterocycles. The van der Waals surface area contributed by atoms with E-state index in [1.165, 1.54) is 18.0 Å². The van der Waals surface area contributed by atoms with Crippen molar-refractivity contribution in [2.45, 2.75) is 0 Å². The molecule has 0 aromatic carbocycles. The molecule has 0 aliphatic carbocycles. The fourth-order valence-electron chi connectivity index (χ4n) is 1.03. The van der Waals surface area contributed by atoms with Crippen LogP contribution in [-0.2, 0) is 21.8 Å². The number of hydrogen-bond donors (Lipinski definition) is 1. The molecule has 1 aromatic heterocycles. The normalized spacial score (nSPS) is 11.1. The van der Waals surface area contributed by atoms with Crippen LogP contribution in [0.4, 0.5) is 5.82 Å². The van der Waals surface area contributed by atoms with Crippen molar-refractivity contribution in [2.75, 3.05) is 24.2 Å². The van der Waals surface area contributed by atoms with Gasteiger partial charge >= 0.3 is 0 Å². The molecule has 0 unspecified atom stereocenters. The molecular formula is C8H12N4O3S. The molecule has 1 N–H and O–H groups in total. The fourth-order valence-corrected chi connectivity index (χ4v) is 2.06. The first kappa shape index (κ1) is 12.5. The van der Waals surface area contributed by atoms with Crippen LogP contribution in [0.1, 0.15) is 5.56 Å². The number of nitriles is 1. The first-order valence-corrected chi connectivity index (χ1v) is 6.07. The highest BCUT2D eigenvalue weighted by atomic mass is 32.2. The van der Waals surface area contributed by atoms with E-state index in [1.54, 1.807) is 7.05 Å². The van der Waals surface area contributed by atoms with Crippen LogP contribution in [0.5, 0.6) is 0 Å². The summed E-state index contributed by atoms with van der Waals surface area (Å²) < 4.78 is 31.3. The third-order valence-corrected chi connectivity index (χ3v) is 3.08. The lowest BCUT2D eigenvalue weighted by Gasteiger charge is -2.07. The molecule has 0 saturated carbocycles. The van der Waals surface area contributed by atoms with Crippen LogP contribution < -0.4 is 4.72 Å². The minimum Gasteiger partial charge on any atom is -0.384 e. The summed E-state index contributed by atoms with van der Waals surface area (Å²) in [7, 11) is -0.541. The highest BCUT2D eigenvalue weighted by molar-refractivity contribution is 7.92. The summed E-state index contributed by atoms with van der Waals surface area (Å²) >= 11 is 0. The third kappa shape index (κ3) is 2.95.